The van der Waals surface area contributed by atoms with Crippen molar-refractivity contribution in [1.29, 1.82) is 0 Å². The highest BCUT2D eigenvalue weighted by molar-refractivity contribution is 7.89. The third kappa shape index (κ3) is 4.89. The molecule has 1 aliphatic heterocycles. The van der Waals surface area contributed by atoms with Crippen LogP contribution in [0.15, 0.2) is 64.0 Å². The van der Waals surface area contributed by atoms with E-state index in [9.17, 15) is 12.8 Å². The maximum atomic E-state index is 13.3. The number of fused-ring (bicyclic) bond motifs is 2. The van der Waals surface area contributed by atoms with Crippen molar-refractivity contribution in [2.24, 2.45) is 0 Å². The molecule has 1 fully saturated rings. The van der Waals surface area contributed by atoms with E-state index < -0.39 is 10.0 Å². The van der Waals surface area contributed by atoms with E-state index in [2.05, 4.69) is 14.8 Å². The van der Waals surface area contributed by atoms with Crippen LogP contribution in [0.4, 0.5) is 4.39 Å². The molecule has 33 heavy (non-hydrogen) atoms. The van der Waals surface area contributed by atoms with Gasteiger partial charge in [-0.25, -0.2) is 17.5 Å². The first kappa shape index (κ1) is 22.3. The maximum absolute atomic E-state index is 13.3. The van der Waals surface area contributed by atoms with Gasteiger partial charge in [-0.3, -0.25) is 0 Å². The molecule has 1 atom stereocenters. The van der Waals surface area contributed by atoms with E-state index in [-0.39, 0.29) is 16.8 Å². The van der Waals surface area contributed by atoms with Gasteiger partial charge in [0.25, 0.3) is 0 Å². The van der Waals surface area contributed by atoms with E-state index in [1.54, 1.807) is 30.3 Å². The van der Waals surface area contributed by atoms with Crippen LogP contribution in [0.5, 0.6) is 0 Å². The second kappa shape index (κ2) is 9.02. The topological polar surface area (TPSA) is 75.4 Å². The summed E-state index contributed by atoms with van der Waals surface area (Å²) in [4.78, 5) is 2.50. The average molecular weight is 488 g/mol. The monoisotopic (exact) mass is 487 g/mol. The van der Waals surface area contributed by atoms with Crippen LogP contribution < -0.4 is 4.72 Å². The third-order valence-corrected chi connectivity index (χ3v) is 7.83. The first-order valence-electron chi connectivity index (χ1n) is 10.9. The molecule has 3 aromatic carbocycles. The van der Waals surface area contributed by atoms with E-state index in [1.807, 2.05) is 12.1 Å². The highest BCUT2D eigenvalue weighted by Crippen LogP contribution is 2.24. The van der Waals surface area contributed by atoms with Crippen LogP contribution in [0.3, 0.4) is 0 Å². The standard InChI is InChI=1S/C24H23ClFN3O3S/c25-18-5-3-17-13-21(7-4-16(17)12-18)33(30,31)28-20-9-11-29(15-20)10-1-2-23-22-8-6-19(26)14-24(22)32-27-23/h3-8,12-14,20,28H,1-2,9-11,15H2. The predicted octanol–water partition coefficient (Wildman–Crippen LogP) is 4.76. The van der Waals surface area contributed by atoms with Crippen molar-refractivity contribution < 1.29 is 17.3 Å². The minimum Gasteiger partial charge on any atom is -0.356 e. The van der Waals surface area contributed by atoms with Gasteiger partial charge in [0, 0.05) is 29.1 Å². The molecule has 1 aromatic heterocycles. The number of hydrogen-bond acceptors (Lipinski definition) is 5. The molecule has 0 bridgehead atoms. The van der Waals surface area contributed by atoms with Crippen molar-refractivity contribution in [2.45, 2.75) is 30.2 Å². The van der Waals surface area contributed by atoms with E-state index in [0.717, 1.165) is 47.8 Å². The number of aryl methyl sites for hydroxylation is 1. The number of halogens is 2. The molecular weight excluding hydrogens is 465 g/mol. The summed E-state index contributed by atoms with van der Waals surface area (Å²) in [5.41, 5.74) is 1.27. The molecule has 0 spiro atoms. The van der Waals surface area contributed by atoms with Crippen LogP contribution in [-0.2, 0) is 16.4 Å². The van der Waals surface area contributed by atoms with Crippen molar-refractivity contribution in [3.8, 4) is 0 Å². The Bertz CT molecular complexity index is 1420. The highest BCUT2D eigenvalue weighted by Gasteiger charge is 2.27. The Morgan fingerprint density at radius 3 is 2.82 bits per heavy atom. The first-order chi connectivity index (χ1) is 15.9. The molecule has 4 aromatic rings. The molecule has 0 aliphatic carbocycles. The molecule has 5 rings (SSSR count). The lowest BCUT2D eigenvalue weighted by Gasteiger charge is -2.16. The summed E-state index contributed by atoms with van der Waals surface area (Å²) in [6.07, 6.45) is 2.33. The SMILES string of the molecule is O=S(=O)(NC1CCN(CCCc2noc3cc(F)ccc23)C1)c1ccc2cc(Cl)ccc2c1. The molecule has 6 nitrogen and oxygen atoms in total. The molecule has 0 radical (unpaired) electrons. The van der Waals surface area contributed by atoms with Crippen molar-refractivity contribution >= 4 is 43.4 Å². The number of nitrogens with zero attached hydrogens (tertiary/aromatic N) is 2. The fraction of sp³-hybridized carbons (Fsp3) is 0.292. The molecule has 172 valence electrons. The summed E-state index contributed by atoms with van der Waals surface area (Å²) >= 11 is 6.01. The zero-order chi connectivity index (χ0) is 23.0. The van der Waals surface area contributed by atoms with Gasteiger partial charge in [0.05, 0.1) is 10.6 Å². The quantitative estimate of drug-likeness (QED) is 0.407. The fourth-order valence-corrected chi connectivity index (χ4v) is 5.87. The van der Waals surface area contributed by atoms with Crippen LogP contribution in [0, 0.1) is 5.82 Å². The zero-order valence-corrected chi connectivity index (χ0v) is 19.4. The number of rotatable bonds is 7. The van der Waals surface area contributed by atoms with Gasteiger partial charge in [0.2, 0.25) is 10.0 Å². The third-order valence-electron chi connectivity index (χ3n) is 6.07. The Hall–Kier alpha value is -2.52. The molecule has 9 heteroatoms. The summed E-state index contributed by atoms with van der Waals surface area (Å²) in [5, 5.41) is 7.25. The van der Waals surface area contributed by atoms with Crippen molar-refractivity contribution in [3.63, 3.8) is 0 Å². The largest absolute Gasteiger partial charge is 0.356 e. The van der Waals surface area contributed by atoms with Crippen LogP contribution in [0.2, 0.25) is 5.02 Å². The van der Waals surface area contributed by atoms with Crippen molar-refractivity contribution in [2.75, 3.05) is 19.6 Å². The van der Waals surface area contributed by atoms with Crippen LogP contribution >= 0.6 is 11.6 Å². The second-order valence-corrected chi connectivity index (χ2v) is 10.6. The molecule has 1 unspecified atom stereocenters. The van der Waals surface area contributed by atoms with Gasteiger partial charge in [-0.2, -0.15) is 0 Å². The van der Waals surface area contributed by atoms with Crippen molar-refractivity contribution in [3.05, 3.63) is 71.1 Å². The molecule has 1 aliphatic rings. The lowest BCUT2D eigenvalue weighted by atomic mass is 10.1. The van der Waals surface area contributed by atoms with E-state index in [0.29, 0.717) is 23.6 Å². The molecule has 0 saturated carbocycles. The fourth-order valence-electron chi connectivity index (χ4n) is 4.40. The smallest absolute Gasteiger partial charge is 0.240 e. The zero-order valence-electron chi connectivity index (χ0n) is 17.8. The normalized spacial score (nSPS) is 17.3. The minimum atomic E-state index is -3.62. The van der Waals surface area contributed by atoms with Crippen LogP contribution in [0.25, 0.3) is 21.7 Å². The van der Waals surface area contributed by atoms with Crippen LogP contribution in [-0.4, -0.2) is 44.2 Å². The Morgan fingerprint density at radius 2 is 1.94 bits per heavy atom. The van der Waals surface area contributed by atoms with Gasteiger partial charge in [0.1, 0.15) is 5.82 Å². The molecular formula is C24H23ClFN3O3S. The van der Waals surface area contributed by atoms with Gasteiger partial charge in [-0.05, 0) is 79.5 Å². The van der Waals surface area contributed by atoms with Crippen LogP contribution in [0.1, 0.15) is 18.5 Å². The van der Waals surface area contributed by atoms with Gasteiger partial charge in [-0.15, -0.1) is 0 Å². The number of nitrogens with one attached hydrogen (secondary N) is 1. The minimum absolute atomic E-state index is 0.133. The Balaban J connectivity index is 1.16. The van der Waals surface area contributed by atoms with Gasteiger partial charge >= 0.3 is 0 Å². The summed E-state index contributed by atoms with van der Waals surface area (Å²) in [5.74, 6) is -0.344. The molecule has 1 saturated heterocycles. The van der Waals surface area contributed by atoms with Gasteiger partial charge < -0.3 is 9.42 Å². The Kier molecular flexibility index (Phi) is 6.09. The summed E-state index contributed by atoms with van der Waals surface area (Å²) in [7, 11) is -3.62. The maximum Gasteiger partial charge on any atom is 0.240 e. The first-order valence-corrected chi connectivity index (χ1v) is 12.7. The molecule has 2 heterocycles. The van der Waals surface area contributed by atoms with E-state index >= 15 is 0 Å². The Morgan fingerprint density at radius 1 is 1.12 bits per heavy atom. The van der Waals surface area contributed by atoms with Crippen molar-refractivity contribution in [1.82, 2.24) is 14.8 Å². The summed E-state index contributed by atoms with van der Waals surface area (Å²) < 4.78 is 47.2. The second-order valence-electron chi connectivity index (χ2n) is 8.43. The Labute approximate surface area is 196 Å². The number of hydrogen-bond donors (Lipinski definition) is 1. The molecule has 0 amide bonds. The lowest BCUT2D eigenvalue weighted by Crippen LogP contribution is -2.37. The number of benzene rings is 3. The number of sulfonamides is 1. The highest BCUT2D eigenvalue weighted by atomic mass is 35.5. The average Bonchev–Trinajstić information content (AvgIpc) is 3.39. The number of likely N-dealkylation sites (tertiary alicyclic amines) is 1. The molecule has 1 N–H and O–H groups in total. The van der Waals surface area contributed by atoms with Gasteiger partial charge in [0.15, 0.2) is 5.58 Å². The van der Waals surface area contributed by atoms with Gasteiger partial charge in [-0.1, -0.05) is 28.9 Å². The summed E-state index contributed by atoms with van der Waals surface area (Å²) in [6.45, 7) is 2.31. The van der Waals surface area contributed by atoms with E-state index in [4.69, 9.17) is 16.1 Å². The lowest BCUT2D eigenvalue weighted by molar-refractivity contribution is 0.326. The predicted molar refractivity (Wildman–Crippen MR) is 126 cm³/mol. The summed E-state index contributed by atoms with van der Waals surface area (Å²) in [6, 6.07) is 14.8. The number of aromatic nitrogens is 1. The van der Waals surface area contributed by atoms with E-state index in [1.165, 1.54) is 12.1 Å².